The average molecular weight is 410 g/mol. The molecule has 1 N–H and O–H groups in total. The lowest BCUT2D eigenvalue weighted by atomic mass is 9.80. The number of nitrogens with zero attached hydrogens (tertiary/aromatic N) is 1. The van der Waals surface area contributed by atoms with E-state index in [1.807, 2.05) is 23.5 Å². The van der Waals surface area contributed by atoms with Crippen LogP contribution in [0.15, 0.2) is 23.1 Å². The molecule has 3 nitrogen and oxygen atoms in total. The summed E-state index contributed by atoms with van der Waals surface area (Å²) < 4.78 is 5.51. The van der Waals surface area contributed by atoms with Crippen molar-refractivity contribution < 1.29 is 9.84 Å². The number of anilines is 1. The molecule has 142 valence electrons. The van der Waals surface area contributed by atoms with E-state index in [1.54, 1.807) is 0 Å². The van der Waals surface area contributed by atoms with Crippen molar-refractivity contribution in [2.24, 2.45) is 5.92 Å². The van der Waals surface area contributed by atoms with Gasteiger partial charge in [0.1, 0.15) is 0 Å². The molecule has 0 saturated carbocycles. The molecular weight excluding hydrogens is 382 g/mol. The molecule has 1 aromatic carbocycles. The number of rotatable bonds is 3. The van der Waals surface area contributed by atoms with Crippen molar-refractivity contribution in [2.45, 2.75) is 53.6 Å². The Hall–Kier alpha value is -0.270. The number of aliphatic hydroxyl groups is 1. The van der Waals surface area contributed by atoms with E-state index in [9.17, 15) is 5.11 Å². The lowest BCUT2D eigenvalue weighted by molar-refractivity contribution is -0.0514. The number of benzene rings is 1. The maximum absolute atomic E-state index is 11.3. The summed E-state index contributed by atoms with van der Waals surface area (Å²) in [6.07, 6.45) is 4.82. The topological polar surface area (TPSA) is 32.7 Å². The summed E-state index contributed by atoms with van der Waals surface area (Å²) in [5, 5.41) is 11.3. The van der Waals surface area contributed by atoms with E-state index in [0.717, 1.165) is 56.1 Å². The van der Waals surface area contributed by atoms with Crippen molar-refractivity contribution in [2.75, 3.05) is 30.9 Å². The van der Waals surface area contributed by atoms with E-state index in [0.29, 0.717) is 5.92 Å². The number of fused-ring (bicyclic) bond motifs is 1. The van der Waals surface area contributed by atoms with Crippen molar-refractivity contribution in [1.82, 2.24) is 0 Å². The molecule has 2 atom stereocenters. The number of thiocarbonyl (C=S) groups is 1. The van der Waals surface area contributed by atoms with Gasteiger partial charge in [0.25, 0.3) is 0 Å². The maximum Gasteiger partial charge on any atom is 0.0824 e. The molecule has 2 fully saturated rings. The highest BCUT2D eigenvalue weighted by Gasteiger charge is 2.50. The highest BCUT2D eigenvalue weighted by molar-refractivity contribution is 8.18. The minimum Gasteiger partial charge on any atom is -0.389 e. The largest absolute Gasteiger partial charge is 0.389 e. The van der Waals surface area contributed by atoms with Crippen molar-refractivity contribution in [1.29, 1.82) is 0 Å². The van der Waals surface area contributed by atoms with E-state index < -0.39 is 5.60 Å². The van der Waals surface area contributed by atoms with Gasteiger partial charge in [-0.15, -0.1) is 23.5 Å². The summed E-state index contributed by atoms with van der Waals surface area (Å²) in [5.41, 5.74) is 2.09. The Morgan fingerprint density at radius 2 is 2.08 bits per heavy atom. The van der Waals surface area contributed by atoms with Crippen molar-refractivity contribution in [3.05, 3.63) is 23.8 Å². The van der Waals surface area contributed by atoms with Crippen LogP contribution in [0, 0.1) is 5.92 Å². The predicted molar refractivity (Wildman–Crippen MR) is 116 cm³/mol. The minimum absolute atomic E-state index is 0.0250. The van der Waals surface area contributed by atoms with Crippen LogP contribution in [-0.4, -0.2) is 45.8 Å². The van der Waals surface area contributed by atoms with Gasteiger partial charge >= 0.3 is 0 Å². The standard InChI is InChI=1S/C20H27NO2S3/c1-19(12-20(22,13-25-19)15-7-9-23-10-8-15)26-16-4-5-17-14(11-16)3-6-18(24)21(17)2/h4-5,11,15,22H,3,6-10,12-13H2,1-2H3. The maximum atomic E-state index is 11.3. The Bertz CT molecular complexity index is 706. The molecule has 0 spiro atoms. The zero-order valence-electron chi connectivity index (χ0n) is 15.5. The Morgan fingerprint density at radius 1 is 1.31 bits per heavy atom. The molecule has 2 unspecified atom stereocenters. The SMILES string of the molecule is CN1C(=S)CCc2cc(SC3(C)CC(O)(C4CCOCC4)CS3)ccc21. The summed E-state index contributed by atoms with van der Waals surface area (Å²) >= 11 is 9.27. The fourth-order valence-electron chi connectivity index (χ4n) is 4.44. The van der Waals surface area contributed by atoms with Crippen LogP contribution in [0.25, 0.3) is 0 Å². The zero-order chi connectivity index (χ0) is 18.4. The molecule has 3 aliphatic rings. The third-order valence-corrected chi connectivity index (χ3v) is 9.51. The van der Waals surface area contributed by atoms with E-state index >= 15 is 0 Å². The molecule has 0 radical (unpaired) electrons. The first-order chi connectivity index (χ1) is 12.4. The second-order valence-electron chi connectivity index (χ2n) is 7.93. The molecule has 0 aliphatic carbocycles. The molecule has 26 heavy (non-hydrogen) atoms. The summed E-state index contributed by atoms with van der Waals surface area (Å²) in [4.78, 5) is 4.47. The first-order valence-electron chi connectivity index (χ1n) is 9.41. The summed E-state index contributed by atoms with van der Waals surface area (Å²) in [6.45, 7) is 3.88. The number of hydrogen-bond donors (Lipinski definition) is 1. The highest BCUT2D eigenvalue weighted by Crippen LogP contribution is 2.56. The third kappa shape index (κ3) is 3.68. The van der Waals surface area contributed by atoms with E-state index in [1.165, 1.54) is 16.1 Å². The van der Waals surface area contributed by atoms with Crippen LogP contribution in [0.4, 0.5) is 5.69 Å². The molecule has 3 aliphatic heterocycles. The number of hydrogen-bond acceptors (Lipinski definition) is 5. The van der Waals surface area contributed by atoms with Crippen LogP contribution in [0.1, 0.15) is 38.2 Å². The normalized spacial score (nSPS) is 32.7. The molecule has 1 aromatic rings. The second-order valence-corrected chi connectivity index (χ2v) is 11.7. The van der Waals surface area contributed by atoms with Crippen LogP contribution >= 0.6 is 35.7 Å². The first kappa shape index (κ1) is 19.1. The minimum atomic E-state index is -0.545. The van der Waals surface area contributed by atoms with Gasteiger partial charge in [-0.05, 0) is 55.9 Å². The summed E-state index contributed by atoms with van der Waals surface area (Å²) in [5.74, 6) is 1.22. The smallest absolute Gasteiger partial charge is 0.0824 e. The molecule has 0 bridgehead atoms. The van der Waals surface area contributed by atoms with Crippen LogP contribution in [-0.2, 0) is 11.2 Å². The lowest BCUT2D eigenvalue weighted by Crippen LogP contribution is -2.42. The van der Waals surface area contributed by atoms with Gasteiger partial charge in [-0.1, -0.05) is 12.2 Å². The van der Waals surface area contributed by atoms with Crippen LogP contribution in [0.2, 0.25) is 0 Å². The van der Waals surface area contributed by atoms with E-state index in [4.69, 9.17) is 17.0 Å². The van der Waals surface area contributed by atoms with Gasteiger partial charge in [0.05, 0.1) is 14.7 Å². The quantitative estimate of drug-likeness (QED) is 0.740. The van der Waals surface area contributed by atoms with Gasteiger partial charge in [0.2, 0.25) is 0 Å². The summed E-state index contributed by atoms with van der Waals surface area (Å²) in [6, 6.07) is 6.75. The van der Waals surface area contributed by atoms with E-state index in [-0.39, 0.29) is 4.08 Å². The Morgan fingerprint density at radius 3 is 2.85 bits per heavy atom. The Labute approximate surface area is 170 Å². The molecular formula is C20H27NO2S3. The van der Waals surface area contributed by atoms with Gasteiger partial charge in [-0.2, -0.15) is 0 Å². The predicted octanol–water partition coefficient (Wildman–Crippen LogP) is 4.50. The lowest BCUT2D eigenvalue weighted by Gasteiger charge is -2.36. The molecule has 4 rings (SSSR count). The Kier molecular flexibility index (Phi) is 5.34. The van der Waals surface area contributed by atoms with Crippen LogP contribution in [0.3, 0.4) is 0 Å². The number of thioether (sulfide) groups is 2. The van der Waals surface area contributed by atoms with Crippen molar-refractivity contribution in [3.8, 4) is 0 Å². The van der Waals surface area contributed by atoms with Gasteiger partial charge in [-0.3, -0.25) is 0 Å². The first-order valence-corrected chi connectivity index (χ1v) is 11.6. The molecule has 2 saturated heterocycles. The Balaban J connectivity index is 1.48. The number of aryl methyl sites for hydroxylation is 1. The zero-order valence-corrected chi connectivity index (χ0v) is 17.9. The molecule has 0 aromatic heterocycles. The van der Waals surface area contributed by atoms with Crippen LogP contribution in [0.5, 0.6) is 0 Å². The number of ether oxygens (including phenoxy) is 1. The monoisotopic (exact) mass is 409 g/mol. The van der Waals surface area contributed by atoms with Crippen molar-refractivity contribution >= 4 is 46.4 Å². The molecule has 0 amide bonds. The van der Waals surface area contributed by atoms with Gasteiger partial charge < -0.3 is 14.7 Å². The van der Waals surface area contributed by atoms with Gasteiger partial charge in [0, 0.05) is 49.4 Å². The van der Waals surface area contributed by atoms with Crippen molar-refractivity contribution in [3.63, 3.8) is 0 Å². The van der Waals surface area contributed by atoms with E-state index in [2.05, 4.69) is 37.1 Å². The average Bonchev–Trinajstić information content (AvgIpc) is 2.95. The second kappa shape index (κ2) is 7.28. The molecule has 6 heteroatoms. The summed E-state index contributed by atoms with van der Waals surface area (Å²) in [7, 11) is 2.06. The molecule has 3 heterocycles. The highest BCUT2D eigenvalue weighted by atomic mass is 32.2. The van der Waals surface area contributed by atoms with Crippen LogP contribution < -0.4 is 4.90 Å². The van der Waals surface area contributed by atoms with Gasteiger partial charge in [0.15, 0.2) is 0 Å². The fraction of sp³-hybridized carbons (Fsp3) is 0.650. The third-order valence-electron chi connectivity index (χ3n) is 5.96. The van der Waals surface area contributed by atoms with Gasteiger partial charge in [-0.25, -0.2) is 0 Å². The fourth-order valence-corrected chi connectivity index (χ4v) is 7.75.